The second-order valence-corrected chi connectivity index (χ2v) is 23.0. The van der Waals surface area contributed by atoms with Crippen LogP contribution in [0.1, 0.15) is 77.6 Å². The first-order chi connectivity index (χ1) is 33.7. The molecule has 0 atom stereocenters. The van der Waals surface area contributed by atoms with Crippen molar-refractivity contribution in [2.45, 2.75) is 71.6 Å². The first kappa shape index (κ1) is 40.0. The molecular formula is C67H53N3. The van der Waals surface area contributed by atoms with Crippen LogP contribution in [0, 0.1) is 0 Å². The lowest BCUT2D eigenvalue weighted by atomic mass is 9.72. The molecule has 1 aliphatic rings. The average molecular weight is 900 g/mol. The smallest absolute Gasteiger partial charge is 0.0789 e. The number of rotatable bonds is 2. The number of hydrogen-bond donors (Lipinski definition) is 0. The summed E-state index contributed by atoms with van der Waals surface area (Å²) in [5.74, 6) is 0. The highest BCUT2D eigenvalue weighted by Crippen LogP contribution is 2.54. The van der Waals surface area contributed by atoms with Crippen molar-refractivity contribution in [3.8, 4) is 17.1 Å². The highest BCUT2D eigenvalue weighted by atomic mass is 15.1. The van der Waals surface area contributed by atoms with Gasteiger partial charge in [-0.25, -0.2) is 0 Å². The summed E-state index contributed by atoms with van der Waals surface area (Å²) >= 11 is 0. The molecule has 0 saturated carbocycles. The molecule has 0 bridgehead atoms. The largest absolute Gasteiger partial charge is 0.309 e. The van der Waals surface area contributed by atoms with Crippen LogP contribution >= 0.6 is 0 Å². The maximum Gasteiger partial charge on any atom is 0.0789 e. The van der Waals surface area contributed by atoms with Crippen molar-refractivity contribution in [2.24, 2.45) is 0 Å². The quantitative estimate of drug-likeness (QED) is 0.154. The fraction of sp³-hybridized carbons (Fsp3) is 0.164. The lowest BCUT2D eigenvalue weighted by Crippen LogP contribution is -2.26. The second kappa shape index (κ2) is 13.3. The summed E-state index contributed by atoms with van der Waals surface area (Å²) in [5, 5.41) is 18.1. The Morgan fingerprint density at radius 1 is 0.343 bits per heavy atom. The van der Waals surface area contributed by atoms with Crippen LogP contribution in [0.25, 0.3) is 126 Å². The standard InChI is InChI=1S/C67H53N3/c1-65(2,3)43-24-30-56-52(36-43)53-37-44(66(4,5)6)25-31-57(53)68(56)46-33-40-20-21-42-35-58-61(51-27-23-41(34-46)59(40)60(42)51)67(7,8)54-18-13-17-48-50-29-28-49-47-16-11-12-19-55(47)69(63(49)64(50)70(58)62(48)54)45-26-22-38-14-9-10-15-39(38)32-45/h9-37H,1-8H3. The summed E-state index contributed by atoms with van der Waals surface area (Å²) in [6, 6.07) is 67.8. The minimum Gasteiger partial charge on any atom is -0.309 e. The van der Waals surface area contributed by atoms with Crippen molar-refractivity contribution in [1.29, 1.82) is 0 Å². The fourth-order valence-corrected chi connectivity index (χ4v) is 13.1. The van der Waals surface area contributed by atoms with Crippen molar-refractivity contribution in [3.63, 3.8) is 0 Å². The molecule has 0 saturated heterocycles. The van der Waals surface area contributed by atoms with Gasteiger partial charge in [0.1, 0.15) is 0 Å². The third kappa shape index (κ3) is 5.14. The van der Waals surface area contributed by atoms with Crippen LogP contribution in [0.5, 0.6) is 0 Å². The third-order valence-corrected chi connectivity index (χ3v) is 16.6. The average Bonchev–Trinajstić information content (AvgIpc) is 4.00. The molecule has 0 radical (unpaired) electrons. The zero-order chi connectivity index (χ0) is 47.3. The van der Waals surface area contributed by atoms with Gasteiger partial charge in [0.25, 0.3) is 0 Å². The molecule has 4 heterocycles. The van der Waals surface area contributed by atoms with E-state index >= 15 is 0 Å². The van der Waals surface area contributed by atoms with E-state index in [9.17, 15) is 0 Å². The van der Waals surface area contributed by atoms with E-state index in [0.717, 1.165) is 0 Å². The van der Waals surface area contributed by atoms with E-state index in [2.05, 4.69) is 245 Å². The summed E-state index contributed by atoms with van der Waals surface area (Å²) in [6.07, 6.45) is 0. The summed E-state index contributed by atoms with van der Waals surface area (Å²) < 4.78 is 7.71. The van der Waals surface area contributed by atoms with Crippen molar-refractivity contribution in [1.82, 2.24) is 13.7 Å². The molecule has 0 aliphatic carbocycles. The van der Waals surface area contributed by atoms with Gasteiger partial charge < -0.3 is 13.7 Å². The number of fused-ring (bicyclic) bond motifs is 14. The number of para-hydroxylation sites is 2. The number of nitrogens with zero attached hydrogens (tertiary/aromatic N) is 3. The van der Waals surface area contributed by atoms with Crippen LogP contribution < -0.4 is 0 Å². The van der Waals surface area contributed by atoms with Crippen LogP contribution in [0.4, 0.5) is 0 Å². The highest BCUT2D eigenvalue weighted by molar-refractivity contribution is 6.28. The summed E-state index contributed by atoms with van der Waals surface area (Å²) in [5.41, 5.74) is 16.4. The molecule has 3 nitrogen and oxygen atoms in total. The summed E-state index contributed by atoms with van der Waals surface area (Å²) in [4.78, 5) is 0. The first-order valence-corrected chi connectivity index (χ1v) is 25.1. The van der Waals surface area contributed by atoms with Crippen LogP contribution in [0.15, 0.2) is 176 Å². The van der Waals surface area contributed by atoms with Gasteiger partial charge in [0.15, 0.2) is 0 Å². The molecule has 15 rings (SSSR count). The molecule has 11 aromatic carbocycles. The molecule has 336 valence electrons. The molecule has 70 heavy (non-hydrogen) atoms. The Bertz CT molecular complexity index is 4540. The molecule has 0 spiro atoms. The maximum absolute atomic E-state index is 2.66. The van der Waals surface area contributed by atoms with E-state index in [1.165, 1.54) is 148 Å². The normalized spacial score (nSPS) is 14.1. The molecule has 0 fully saturated rings. The summed E-state index contributed by atoms with van der Waals surface area (Å²) in [6.45, 7) is 18.8. The number of benzene rings is 11. The van der Waals surface area contributed by atoms with Gasteiger partial charge >= 0.3 is 0 Å². The molecule has 3 aromatic heterocycles. The lowest BCUT2D eigenvalue weighted by Gasteiger charge is -2.36. The topological polar surface area (TPSA) is 14.8 Å². The molecule has 3 heteroatoms. The van der Waals surface area contributed by atoms with Crippen LogP contribution in [-0.2, 0) is 16.2 Å². The Morgan fingerprint density at radius 2 is 0.871 bits per heavy atom. The Hall–Kier alpha value is -7.88. The maximum atomic E-state index is 2.66. The minimum atomic E-state index is -0.280. The Labute approximate surface area is 407 Å². The Morgan fingerprint density at radius 3 is 1.57 bits per heavy atom. The van der Waals surface area contributed by atoms with Gasteiger partial charge in [-0.1, -0.05) is 171 Å². The molecule has 14 aromatic rings. The van der Waals surface area contributed by atoms with E-state index in [1.807, 2.05) is 0 Å². The van der Waals surface area contributed by atoms with Crippen LogP contribution in [0.3, 0.4) is 0 Å². The van der Waals surface area contributed by atoms with E-state index < -0.39 is 0 Å². The van der Waals surface area contributed by atoms with E-state index in [-0.39, 0.29) is 16.2 Å². The minimum absolute atomic E-state index is 0.0430. The van der Waals surface area contributed by atoms with Gasteiger partial charge in [0, 0.05) is 49.1 Å². The van der Waals surface area contributed by atoms with E-state index in [1.54, 1.807) is 0 Å². The zero-order valence-corrected chi connectivity index (χ0v) is 41.1. The highest BCUT2D eigenvalue weighted by Gasteiger charge is 2.38. The van der Waals surface area contributed by atoms with Crippen molar-refractivity contribution >= 4 is 109 Å². The van der Waals surface area contributed by atoms with E-state index in [0.29, 0.717) is 0 Å². The fourth-order valence-electron chi connectivity index (χ4n) is 13.1. The van der Waals surface area contributed by atoms with Crippen molar-refractivity contribution < 1.29 is 0 Å². The van der Waals surface area contributed by atoms with E-state index in [4.69, 9.17) is 0 Å². The molecule has 1 aliphatic heterocycles. The van der Waals surface area contributed by atoms with Gasteiger partial charge in [-0.2, -0.15) is 0 Å². The number of hydrogen-bond acceptors (Lipinski definition) is 0. The SMILES string of the molecule is CC(C)(C)c1ccc2c(c1)c1cc(C(C)(C)C)ccc1n2-c1cc2ccc3cc4c(c5ccc(c1)c2c35)C(C)(C)c1cccc2c3ccc5c6ccccc6n(-c6ccc7ccccc7c6)c5c3n-4c12. The monoisotopic (exact) mass is 899 g/mol. The van der Waals surface area contributed by atoms with Gasteiger partial charge in [-0.15, -0.1) is 0 Å². The molecular weight excluding hydrogens is 847 g/mol. The molecule has 0 N–H and O–H groups in total. The summed E-state index contributed by atoms with van der Waals surface area (Å²) in [7, 11) is 0. The third-order valence-electron chi connectivity index (χ3n) is 16.6. The Kier molecular flexibility index (Phi) is 7.58. The van der Waals surface area contributed by atoms with Gasteiger partial charge in [0.05, 0.1) is 38.8 Å². The molecule has 0 unspecified atom stereocenters. The number of aromatic nitrogens is 3. The Balaban J connectivity index is 1.01. The predicted molar refractivity (Wildman–Crippen MR) is 300 cm³/mol. The van der Waals surface area contributed by atoms with Crippen LogP contribution in [0.2, 0.25) is 0 Å². The predicted octanol–water partition coefficient (Wildman–Crippen LogP) is 18.3. The lowest BCUT2D eigenvalue weighted by molar-refractivity contribution is 0.590. The first-order valence-electron chi connectivity index (χ1n) is 25.1. The van der Waals surface area contributed by atoms with Gasteiger partial charge in [0.2, 0.25) is 0 Å². The zero-order valence-electron chi connectivity index (χ0n) is 41.1. The van der Waals surface area contributed by atoms with Gasteiger partial charge in [-0.05, 0) is 137 Å². The van der Waals surface area contributed by atoms with Gasteiger partial charge in [-0.3, -0.25) is 0 Å². The van der Waals surface area contributed by atoms with Crippen molar-refractivity contribution in [3.05, 3.63) is 198 Å². The second-order valence-electron chi connectivity index (χ2n) is 23.0. The van der Waals surface area contributed by atoms with Crippen LogP contribution in [-0.4, -0.2) is 13.7 Å². The van der Waals surface area contributed by atoms with Crippen molar-refractivity contribution in [2.75, 3.05) is 0 Å². The molecule has 0 amide bonds.